The summed E-state index contributed by atoms with van der Waals surface area (Å²) in [6, 6.07) is 3.61. The van der Waals surface area contributed by atoms with Gasteiger partial charge in [-0.05, 0) is 51.0 Å². The molecule has 9 nitrogen and oxygen atoms in total. The van der Waals surface area contributed by atoms with Crippen molar-refractivity contribution in [2.24, 2.45) is 5.92 Å². The number of aromatic nitrogens is 5. The van der Waals surface area contributed by atoms with Crippen LogP contribution in [0.1, 0.15) is 12.8 Å². The van der Waals surface area contributed by atoms with Gasteiger partial charge in [0.2, 0.25) is 5.65 Å². The maximum atomic E-state index is 6.09. The maximum Gasteiger partial charge on any atom is 0.222 e. The lowest BCUT2D eigenvalue weighted by molar-refractivity contribution is 0.226. The average molecular weight is 429 g/mol. The highest BCUT2D eigenvalue weighted by atomic mass is 35.5. The van der Waals surface area contributed by atoms with E-state index in [4.69, 9.17) is 21.4 Å². The van der Waals surface area contributed by atoms with Gasteiger partial charge < -0.3 is 19.9 Å². The highest BCUT2D eigenvalue weighted by Gasteiger charge is 2.28. The quantitative estimate of drug-likeness (QED) is 0.634. The Morgan fingerprint density at radius 2 is 2.03 bits per heavy atom. The Morgan fingerprint density at radius 1 is 1.20 bits per heavy atom. The third-order valence-electron chi connectivity index (χ3n) is 5.92. The maximum absolute atomic E-state index is 6.09. The summed E-state index contributed by atoms with van der Waals surface area (Å²) in [5.74, 6) is 2.74. The topological polar surface area (TPSA) is 83.7 Å². The number of ether oxygens (including phenoxy) is 1. The molecule has 0 amide bonds. The molecule has 0 atom stereocenters. The van der Waals surface area contributed by atoms with Crippen molar-refractivity contribution in [3.8, 4) is 17.1 Å². The number of rotatable bonds is 4. The van der Waals surface area contributed by atoms with Gasteiger partial charge in [0, 0.05) is 25.4 Å². The molecule has 0 aliphatic carbocycles. The number of nitrogens with one attached hydrogen (secondary N) is 1. The van der Waals surface area contributed by atoms with Crippen molar-refractivity contribution in [1.29, 1.82) is 0 Å². The molecule has 0 unspecified atom stereocenters. The molecule has 1 saturated heterocycles. The Labute approximate surface area is 180 Å². The van der Waals surface area contributed by atoms with Gasteiger partial charge in [-0.15, -0.1) is 15.3 Å². The molecule has 5 heterocycles. The van der Waals surface area contributed by atoms with Gasteiger partial charge in [-0.25, -0.2) is 4.98 Å². The van der Waals surface area contributed by atoms with E-state index in [0.29, 0.717) is 34.9 Å². The lowest BCUT2D eigenvalue weighted by atomic mass is 9.97. The summed E-state index contributed by atoms with van der Waals surface area (Å²) < 4.78 is 7.77. The number of anilines is 2. The number of likely N-dealkylation sites (tertiary alicyclic amines) is 1. The van der Waals surface area contributed by atoms with Crippen LogP contribution in [0.15, 0.2) is 18.3 Å². The number of hydrogen-bond donors (Lipinski definition) is 1. The Hall–Kier alpha value is -2.65. The molecule has 0 radical (unpaired) electrons. The summed E-state index contributed by atoms with van der Waals surface area (Å²) in [5.41, 5.74) is 2.35. The van der Waals surface area contributed by atoms with Gasteiger partial charge in [-0.2, -0.15) is 4.52 Å². The van der Waals surface area contributed by atoms with Crippen LogP contribution in [0, 0.1) is 5.92 Å². The van der Waals surface area contributed by atoms with E-state index in [2.05, 4.69) is 44.4 Å². The monoisotopic (exact) mass is 428 g/mol. The van der Waals surface area contributed by atoms with E-state index >= 15 is 0 Å². The van der Waals surface area contributed by atoms with E-state index in [0.717, 1.165) is 43.2 Å². The number of halogens is 1. The first-order valence-electron chi connectivity index (χ1n) is 10.3. The SMILES string of the molecule is CN1CCC(CNc2nn3c(-c4ccnc(Cl)c4)nnc3c3c2N(C)CCO3)CC1. The van der Waals surface area contributed by atoms with E-state index < -0.39 is 0 Å². The molecule has 10 heteroatoms. The summed E-state index contributed by atoms with van der Waals surface area (Å²) in [6.45, 7) is 4.55. The minimum Gasteiger partial charge on any atom is -0.486 e. The fourth-order valence-electron chi connectivity index (χ4n) is 4.11. The molecule has 0 aromatic carbocycles. The van der Waals surface area contributed by atoms with E-state index in [1.54, 1.807) is 16.8 Å². The molecule has 1 N–H and O–H groups in total. The molecular weight excluding hydrogens is 404 g/mol. The minimum atomic E-state index is 0.402. The first kappa shape index (κ1) is 19.3. The second kappa shape index (κ2) is 7.88. The van der Waals surface area contributed by atoms with E-state index in [1.807, 2.05) is 6.07 Å². The zero-order chi connectivity index (χ0) is 20.7. The standard InChI is InChI=1S/C20H25ClN8O/c1-27-7-4-13(5-8-27)12-23-18-16-17(30-10-9-28(16)2)20-25-24-19(29(20)26-18)14-3-6-22-15(21)11-14/h3,6,11,13H,4-5,7-10,12H2,1-2H3,(H,23,26). The summed E-state index contributed by atoms with van der Waals surface area (Å²) in [4.78, 5) is 8.60. The van der Waals surface area contributed by atoms with Crippen LogP contribution in [0.2, 0.25) is 5.15 Å². The lowest BCUT2D eigenvalue weighted by Gasteiger charge is -2.31. The predicted molar refractivity (Wildman–Crippen MR) is 116 cm³/mol. The molecule has 158 valence electrons. The van der Waals surface area contributed by atoms with Crippen LogP contribution >= 0.6 is 11.6 Å². The fourth-order valence-corrected chi connectivity index (χ4v) is 4.28. The van der Waals surface area contributed by atoms with Crippen molar-refractivity contribution < 1.29 is 4.74 Å². The molecule has 3 aromatic rings. The first-order chi connectivity index (χ1) is 14.6. The third kappa shape index (κ3) is 3.52. The molecule has 0 saturated carbocycles. The zero-order valence-corrected chi connectivity index (χ0v) is 17.9. The Balaban J connectivity index is 1.55. The lowest BCUT2D eigenvalue weighted by Crippen LogP contribution is -2.34. The number of hydrogen-bond acceptors (Lipinski definition) is 8. The molecule has 2 aliphatic rings. The number of piperidine rings is 1. The van der Waals surface area contributed by atoms with Gasteiger partial charge in [-0.3, -0.25) is 0 Å². The van der Waals surface area contributed by atoms with Gasteiger partial charge >= 0.3 is 0 Å². The Kier molecular flexibility index (Phi) is 5.08. The zero-order valence-electron chi connectivity index (χ0n) is 17.2. The first-order valence-corrected chi connectivity index (χ1v) is 10.7. The summed E-state index contributed by atoms with van der Waals surface area (Å²) in [7, 11) is 4.24. The van der Waals surface area contributed by atoms with Crippen molar-refractivity contribution in [2.45, 2.75) is 12.8 Å². The second-order valence-electron chi connectivity index (χ2n) is 8.05. The van der Waals surface area contributed by atoms with Crippen LogP contribution in [-0.2, 0) is 0 Å². The summed E-state index contributed by atoms with van der Waals surface area (Å²) >= 11 is 6.09. The highest BCUT2D eigenvalue weighted by Crippen LogP contribution is 2.40. The van der Waals surface area contributed by atoms with E-state index in [-0.39, 0.29) is 0 Å². The van der Waals surface area contributed by atoms with E-state index in [9.17, 15) is 0 Å². The molecule has 30 heavy (non-hydrogen) atoms. The number of likely N-dealkylation sites (N-methyl/N-ethyl adjacent to an activating group) is 1. The van der Waals surface area contributed by atoms with Crippen LogP contribution in [0.5, 0.6) is 5.75 Å². The Morgan fingerprint density at radius 3 is 2.83 bits per heavy atom. The average Bonchev–Trinajstić information content (AvgIpc) is 3.17. The van der Waals surface area contributed by atoms with Crippen LogP contribution in [-0.4, -0.2) is 76.6 Å². The van der Waals surface area contributed by atoms with Crippen molar-refractivity contribution in [3.63, 3.8) is 0 Å². The van der Waals surface area contributed by atoms with Crippen LogP contribution in [0.4, 0.5) is 11.5 Å². The van der Waals surface area contributed by atoms with Crippen LogP contribution < -0.4 is 15.0 Å². The van der Waals surface area contributed by atoms with Crippen LogP contribution in [0.25, 0.3) is 17.0 Å². The molecule has 2 aliphatic heterocycles. The summed E-state index contributed by atoms with van der Waals surface area (Å²) in [5, 5.41) is 17.6. The fraction of sp³-hybridized carbons (Fsp3) is 0.500. The molecule has 0 spiro atoms. The van der Waals surface area contributed by atoms with Gasteiger partial charge in [-0.1, -0.05) is 11.6 Å². The van der Waals surface area contributed by atoms with Crippen LogP contribution in [0.3, 0.4) is 0 Å². The van der Waals surface area contributed by atoms with Crippen molar-refractivity contribution >= 4 is 28.8 Å². The van der Waals surface area contributed by atoms with Gasteiger partial charge in [0.1, 0.15) is 17.4 Å². The Bertz CT molecular complexity index is 1060. The summed E-state index contributed by atoms with van der Waals surface area (Å²) in [6.07, 6.45) is 4.03. The largest absolute Gasteiger partial charge is 0.486 e. The highest BCUT2D eigenvalue weighted by molar-refractivity contribution is 6.29. The van der Waals surface area contributed by atoms with Crippen molar-refractivity contribution in [2.75, 3.05) is 57.1 Å². The van der Waals surface area contributed by atoms with E-state index in [1.165, 1.54) is 12.8 Å². The normalized spacial score (nSPS) is 17.8. The third-order valence-corrected chi connectivity index (χ3v) is 6.13. The smallest absolute Gasteiger partial charge is 0.222 e. The number of fused-ring (bicyclic) bond motifs is 3. The molecule has 3 aromatic heterocycles. The number of pyridine rings is 1. The van der Waals surface area contributed by atoms with Gasteiger partial charge in [0.15, 0.2) is 17.4 Å². The van der Waals surface area contributed by atoms with Gasteiger partial charge in [0.25, 0.3) is 0 Å². The predicted octanol–water partition coefficient (Wildman–Crippen LogP) is 2.42. The second-order valence-corrected chi connectivity index (χ2v) is 8.44. The molecule has 5 rings (SSSR count). The minimum absolute atomic E-state index is 0.402. The molecular formula is C20H25ClN8O. The molecule has 0 bridgehead atoms. The number of nitrogens with zero attached hydrogens (tertiary/aromatic N) is 7. The van der Waals surface area contributed by atoms with Crippen molar-refractivity contribution in [3.05, 3.63) is 23.5 Å². The van der Waals surface area contributed by atoms with Gasteiger partial charge in [0.05, 0.1) is 6.54 Å². The van der Waals surface area contributed by atoms with Crippen molar-refractivity contribution in [1.82, 2.24) is 29.7 Å². The molecule has 1 fully saturated rings.